The van der Waals surface area contributed by atoms with Crippen molar-refractivity contribution in [3.63, 3.8) is 0 Å². The minimum absolute atomic E-state index is 0.217. The van der Waals surface area contributed by atoms with E-state index in [0.29, 0.717) is 18.7 Å². The summed E-state index contributed by atoms with van der Waals surface area (Å²) < 4.78 is 5.72. The lowest BCUT2D eigenvalue weighted by molar-refractivity contribution is -0.117. The number of rotatable bonds is 10. The van der Waals surface area contributed by atoms with Crippen LogP contribution in [0.2, 0.25) is 0 Å². The molecule has 0 unspecified atom stereocenters. The minimum Gasteiger partial charge on any atom is -0.487 e. The SMILES string of the molecule is Cc1nc(COc2ccc(/C=C/C(=O)NCc3ccc(C(=O)NCC(N)=O)cc3)cc2)cs1. The molecule has 3 aromatic rings. The lowest BCUT2D eigenvalue weighted by atomic mass is 10.1. The van der Waals surface area contributed by atoms with E-state index in [9.17, 15) is 14.4 Å². The molecule has 0 radical (unpaired) electrons. The molecule has 2 aromatic carbocycles. The zero-order chi connectivity index (χ0) is 23.6. The molecule has 0 fully saturated rings. The zero-order valence-electron chi connectivity index (χ0n) is 18.0. The average Bonchev–Trinajstić information content (AvgIpc) is 3.24. The summed E-state index contributed by atoms with van der Waals surface area (Å²) in [5, 5.41) is 8.19. The first-order valence-corrected chi connectivity index (χ1v) is 11.0. The average molecular weight is 465 g/mol. The van der Waals surface area contributed by atoms with Crippen LogP contribution in [0.4, 0.5) is 0 Å². The van der Waals surface area contributed by atoms with Gasteiger partial charge in [0, 0.05) is 23.6 Å². The number of ether oxygens (including phenoxy) is 1. The van der Waals surface area contributed by atoms with Crippen molar-refractivity contribution in [2.45, 2.75) is 20.1 Å². The molecule has 0 aliphatic heterocycles. The van der Waals surface area contributed by atoms with Crippen LogP contribution in [0.3, 0.4) is 0 Å². The van der Waals surface area contributed by atoms with Crippen molar-refractivity contribution in [1.82, 2.24) is 15.6 Å². The topological polar surface area (TPSA) is 123 Å². The van der Waals surface area contributed by atoms with Crippen LogP contribution in [-0.4, -0.2) is 29.3 Å². The third-order valence-electron chi connectivity index (χ3n) is 4.47. The highest BCUT2D eigenvalue weighted by molar-refractivity contribution is 7.09. The number of nitrogens with two attached hydrogens (primary N) is 1. The number of amides is 3. The Bertz CT molecular complexity index is 1140. The van der Waals surface area contributed by atoms with Gasteiger partial charge in [-0.25, -0.2) is 4.98 Å². The van der Waals surface area contributed by atoms with Gasteiger partial charge in [0.25, 0.3) is 5.91 Å². The molecule has 1 heterocycles. The monoisotopic (exact) mass is 464 g/mol. The van der Waals surface area contributed by atoms with E-state index in [2.05, 4.69) is 15.6 Å². The number of hydrogen-bond donors (Lipinski definition) is 3. The van der Waals surface area contributed by atoms with Crippen LogP contribution in [-0.2, 0) is 22.7 Å². The van der Waals surface area contributed by atoms with Crippen LogP contribution < -0.4 is 21.1 Å². The molecule has 0 bridgehead atoms. The van der Waals surface area contributed by atoms with Crippen molar-refractivity contribution >= 4 is 35.1 Å². The summed E-state index contributed by atoms with van der Waals surface area (Å²) in [5.74, 6) is -0.504. The van der Waals surface area contributed by atoms with Crippen molar-refractivity contribution in [1.29, 1.82) is 0 Å². The molecule has 0 aliphatic rings. The normalized spacial score (nSPS) is 10.7. The predicted octanol–water partition coefficient (Wildman–Crippen LogP) is 2.58. The Hall–Kier alpha value is -3.98. The van der Waals surface area contributed by atoms with Crippen LogP contribution in [0.5, 0.6) is 5.75 Å². The predicted molar refractivity (Wildman–Crippen MR) is 126 cm³/mol. The first kappa shape index (κ1) is 23.7. The second kappa shape index (κ2) is 11.6. The molecule has 3 rings (SSSR count). The van der Waals surface area contributed by atoms with E-state index in [1.807, 2.05) is 36.6 Å². The second-order valence-corrected chi connectivity index (χ2v) is 8.17. The number of hydrogen-bond acceptors (Lipinski definition) is 6. The van der Waals surface area contributed by atoms with Crippen molar-refractivity contribution in [3.8, 4) is 5.75 Å². The van der Waals surface area contributed by atoms with Gasteiger partial charge in [0.15, 0.2) is 0 Å². The van der Waals surface area contributed by atoms with E-state index in [0.717, 1.165) is 27.6 Å². The summed E-state index contributed by atoms with van der Waals surface area (Å²) in [6.07, 6.45) is 3.18. The van der Waals surface area contributed by atoms with Crippen LogP contribution in [0.25, 0.3) is 6.08 Å². The maximum Gasteiger partial charge on any atom is 0.251 e. The molecule has 8 nitrogen and oxygen atoms in total. The molecule has 0 saturated heterocycles. The summed E-state index contributed by atoms with van der Waals surface area (Å²) >= 11 is 1.59. The van der Waals surface area contributed by atoms with Crippen molar-refractivity contribution in [3.05, 3.63) is 87.4 Å². The Morgan fingerprint density at radius 2 is 1.79 bits per heavy atom. The Kier molecular flexibility index (Phi) is 8.31. The first-order valence-electron chi connectivity index (χ1n) is 10.1. The van der Waals surface area contributed by atoms with Crippen LogP contribution >= 0.6 is 11.3 Å². The van der Waals surface area contributed by atoms with Crippen molar-refractivity contribution in [2.24, 2.45) is 5.73 Å². The minimum atomic E-state index is -0.610. The number of aromatic nitrogens is 1. The summed E-state index contributed by atoms with van der Waals surface area (Å²) in [6.45, 7) is 2.47. The van der Waals surface area contributed by atoms with E-state index in [-0.39, 0.29) is 18.4 Å². The molecular formula is C24H24N4O4S. The van der Waals surface area contributed by atoms with Gasteiger partial charge in [0.05, 0.1) is 17.2 Å². The first-order chi connectivity index (χ1) is 15.9. The maximum atomic E-state index is 12.1. The number of carbonyl (C=O) groups is 3. The fraction of sp³-hybridized carbons (Fsp3) is 0.167. The second-order valence-electron chi connectivity index (χ2n) is 7.11. The molecule has 170 valence electrons. The Labute approximate surface area is 195 Å². The molecule has 0 spiro atoms. The maximum absolute atomic E-state index is 12.1. The van der Waals surface area contributed by atoms with E-state index in [1.54, 1.807) is 41.7 Å². The van der Waals surface area contributed by atoms with Crippen molar-refractivity contribution in [2.75, 3.05) is 6.54 Å². The number of carbonyl (C=O) groups excluding carboxylic acids is 3. The third kappa shape index (κ3) is 7.89. The molecule has 0 atom stereocenters. The van der Waals surface area contributed by atoms with Crippen LogP contribution in [0, 0.1) is 6.92 Å². The number of nitrogens with one attached hydrogen (secondary N) is 2. The molecule has 3 amide bonds. The highest BCUT2D eigenvalue weighted by Gasteiger charge is 2.06. The molecule has 4 N–H and O–H groups in total. The lowest BCUT2D eigenvalue weighted by Gasteiger charge is -2.06. The van der Waals surface area contributed by atoms with Gasteiger partial charge in [-0.05, 0) is 48.4 Å². The van der Waals surface area contributed by atoms with E-state index in [4.69, 9.17) is 10.5 Å². The summed E-state index contributed by atoms with van der Waals surface area (Å²) in [6, 6.07) is 14.1. The molecular weight excluding hydrogens is 440 g/mol. The van der Waals surface area contributed by atoms with E-state index < -0.39 is 5.91 Å². The number of aryl methyl sites for hydroxylation is 1. The molecule has 0 saturated carbocycles. The van der Waals surface area contributed by atoms with E-state index >= 15 is 0 Å². The summed E-state index contributed by atoms with van der Waals surface area (Å²) in [5.41, 5.74) is 8.01. The van der Waals surface area contributed by atoms with Crippen LogP contribution in [0.1, 0.15) is 32.2 Å². The van der Waals surface area contributed by atoms with Gasteiger partial charge in [0.1, 0.15) is 12.4 Å². The number of primary amides is 1. The fourth-order valence-electron chi connectivity index (χ4n) is 2.77. The largest absolute Gasteiger partial charge is 0.487 e. The number of benzene rings is 2. The molecule has 0 aliphatic carbocycles. The molecule has 1 aromatic heterocycles. The van der Waals surface area contributed by atoms with Gasteiger partial charge in [-0.1, -0.05) is 24.3 Å². The van der Waals surface area contributed by atoms with Gasteiger partial charge in [-0.3, -0.25) is 14.4 Å². The van der Waals surface area contributed by atoms with Gasteiger partial charge in [0.2, 0.25) is 11.8 Å². The number of nitrogens with zero attached hydrogens (tertiary/aromatic N) is 1. The lowest BCUT2D eigenvalue weighted by Crippen LogP contribution is -2.33. The Balaban J connectivity index is 1.43. The summed E-state index contributed by atoms with van der Waals surface area (Å²) in [7, 11) is 0. The highest BCUT2D eigenvalue weighted by atomic mass is 32.1. The van der Waals surface area contributed by atoms with Crippen molar-refractivity contribution < 1.29 is 19.1 Å². The van der Waals surface area contributed by atoms with Crippen LogP contribution in [0.15, 0.2) is 60.0 Å². The Morgan fingerprint density at radius 3 is 2.42 bits per heavy atom. The fourth-order valence-corrected chi connectivity index (χ4v) is 3.37. The highest BCUT2D eigenvalue weighted by Crippen LogP contribution is 2.16. The zero-order valence-corrected chi connectivity index (χ0v) is 18.9. The quantitative estimate of drug-likeness (QED) is 0.398. The molecule has 33 heavy (non-hydrogen) atoms. The third-order valence-corrected chi connectivity index (χ3v) is 5.29. The van der Waals surface area contributed by atoms with Gasteiger partial charge < -0.3 is 21.1 Å². The molecule has 9 heteroatoms. The number of thiazole rings is 1. The Morgan fingerprint density at radius 1 is 1.06 bits per heavy atom. The van der Waals surface area contributed by atoms with E-state index in [1.165, 1.54) is 6.08 Å². The van der Waals surface area contributed by atoms with Gasteiger partial charge in [-0.15, -0.1) is 11.3 Å². The van der Waals surface area contributed by atoms with Gasteiger partial charge in [-0.2, -0.15) is 0 Å². The summed E-state index contributed by atoms with van der Waals surface area (Å²) in [4.78, 5) is 39.1. The van der Waals surface area contributed by atoms with Gasteiger partial charge >= 0.3 is 0 Å². The standard InChI is InChI=1S/C24H24N4O4S/c1-16-28-20(15-33-16)14-32-21-9-4-17(5-10-21)6-11-23(30)26-12-18-2-7-19(8-3-18)24(31)27-13-22(25)29/h2-11,15H,12-14H2,1H3,(H2,25,29)(H,26,30)(H,27,31)/b11-6+. The smallest absolute Gasteiger partial charge is 0.251 e.